The van der Waals surface area contributed by atoms with Crippen molar-refractivity contribution in [3.05, 3.63) is 63.6 Å². The van der Waals surface area contributed by atoms with E-state index in [4.69, 9.17) is 23.2 Å². The Labute approximate surface area is 184 Å². The smallest absolute Gasteiger partial charge is 0.336 e. The second-order valence-electron chi connectivity index (χ2n) is 6.96. The fourth-order valence-corrected chi connectivity index (χ4v) is 4.49. The third-order valence-corrected chi connectivity index (χ3v) is 6.63. The van der Waals surface area contributed by atoms with Crippen LogP contribution in [0.3, 0.4) is 0 Å². The minimum absolute atomic E-state index is 0.0712. The molecule has 0 atom stereocenters. The Bertz CT molecular complexity index is 886. The zero-order chi connectivity index (χ0) is 20.8. The molecule has 1 saturated heterocycles. The summed E-state index contributed by atoms with van der Waals surface area (Å²) in [6.45, 7) is 2.58. The molecule has 0 unspecified atom stereocenters. The summed E-state index contributed by atoms with van der Waals surface area (Å²) in [6.07, 6.45) is 1.76. The van der Waals surface area contributed by atoms with E-state index in [-0.39, 0.29) is 23.3 Å². The number of hydrogen-bond acceptors (Lipinski definition) is 4. The lowest BCUT2D eigenvalue weighted by Crippen LogP contribution is -2.44. The number of thioether (sulfide) groups is 1. The first-order valence-electron chi connectivity index (χ1n) is 9.33. The number of benzene rings is 2. The first-order chi connectivity index (χ1) is 13.9. The molecule has 29 heavy (non-hydrogen) atoms. The highest BCUT2D eigenvalue weighted by Crippen LogP contribution is 2.25. The van der Waals surface area contributed by atoms with E-state index in [1.54, 1.807) is 24.3 Å². The van der Waals surface area contributed by atoms with Crippen molar-refractivity contribution in [3.63, 3.8) is 0 Å². The van der Waals surface area contributed by atoms with Gasteiger partial charge in [0.25, 0.3) is 0 Å². The monoisotopic (exact) mass is 452 g/mol. The fraction of sp³-hybridized carbons (Fsp3) is 0.333. The zero-order valence-electron chi connectivity index (χ0n) is 15.7. The van der Waals surface area contributed by atoms with E-state index in [9.17, 15) is 14.7 Å². The van der Waals surface area contributed by atoms with Crippen LogP contribution in [-0.4, -0.2) is 46.8 Å². The van der Waals surface area contributed by atoms with Crippen LogP contribution in [-0.2, 0) is 11.3 Å². The Morgan fingerprint density at radius 2 is 1.83 bits per heavy atom. The Morgan fingerprint density at radius 1 is 1.10 bits per heavy atom. The lowest BCUT2D eigenvalue weighted by atomic mass is 10.0. The van der Waals surface area contributed by atoms with E-state index >= 15 is 0 Å². The van der Waals surface area contributed by atoms with Crippen LogP contribution in [0.15, 0.2) is 47.4 Å². The number of likely N-dealkylation sites (tertiary alicyclic amines) is 1. The van der Waals surface area contributed by atoms with Gasteiger partial charge in [-0.05, 0) is 42.7 Å². The summed E-state index contributed by atoms with van der Waals surface area (Å²) < 4.78 is 0. The number of halogens is 2. The first-order valence-corrected chi connectivity index (χ1v) is 11.1. The summed E-state index contributed by atoms with van der Waals surface area (Å²) >= 11 is 13.3. The minimum atomic E-state index is -0.983. The number of rotatable bonds is 7. The van der Waals surface area contributed by atoms with Gasteiger partial charge in [-0.2, -0.15) is 0 Å². The predicted molar refractivity (Wildman–Crippen MR) is 117 cm³/mol. The van der Waals surface area contributed by atoms with Crippen LogP contribution >= 0.6 is 35.0 Å². The summed E-state index contributed by atoms with van der Waals surface area (Å²) in [5, 5.41) is 13.4. The topological polar surface area (TPSA) is 69.6 Å². The number of carboxylic acid groups (broad SMARTS) is 1. The number of carbonyl (C=O) groups is 2. The highest BCUT2D eigenvalue weighted by Gasteiger charge is 2.21. The number of nitrogens with one attached hydrogen (secondary N) is 1. The Morgan fingerprint density at radius 3 is 2.52 bits per heavy atom. The van der Waals surface area contributed by atoms with Crippen LogP contribution in [0.1, 0.15) is 28.8 Å². The van der Waals surface area contributed by atoms with Crippen LogP contribution in [0.4, 0.5) is 0 Å². The molecule has 5 nitrogen and oxygen atoms in total. The Kier molecular flexibility index (Phi) is 7.84. The third kappa shape index (κ3) is 6.37. The fourth-order valence-electron chi connectivity index (χ4n) is 3.31. The van der Waals surface area contributed by atoms with Crippen molar-refractivity contribution < 1.29 is 14.7 Å². The van der Waals surface area contributed by atoms with Crippen molar-refractivity contribution in [3.8, 4) is 0 Å². The Balaban J connectivity index is 1.43. The molecule has 1 aliphatic rings. The summed E-state index contributed by atoms with van der Waals surface area (Å²) in [7, 11) is 0. The van der Waals surface area contributed by atoms with Gasteiger partial charge in [0.1, 0.15) is 0 Å². The second-order valence-corrected chi connectivity index (χ2v) is 8.79. The molecular formula is C21H22Cl2N2O3S. The number of hydrogen-bond donors (Lipinski definition) is 2. The van der Waals surface area contributed by atoms with Gasteiger partial charge in [-0.1, -0.05) is 41.4 Å². The molecule has 1 amide bonds. The van der Waals surface area contributed by atoms with Gasteiger partial charge in [-0.15, -0.1) is 11.8 Å². The average molecular weight is 453 g/mol. The molecule has 0 bridgehead atoms. The van der Waals surface area contributed by atoms with E-state index in [1.807, 2.05) is 18.2 Å². The lowest BCUT2D eigenvalue weighted by Gasteiger charge is -2.32. The molecule has 0 aliphatic carbocycles. The molecule has 0 saturated carbocycles. The lowest BCUT2D eigenvalue weighted by molar-refractivity contribution is -0.119. The molecule has 154 valence electrons. The minimum Gasteiger partial charge on any atom is -0.478 e. The van der Waals surface area contributed by atoms with Crippen LogP contribution in [0.5, 0.6) is 0 Å². The van der Waals surface area contributed by atoms with Crippen LogP contribution < -0.4 is 5.32 Å². The average Bonchev–Trinajstić information content (AvgIpc) is 2.71. The highest BCUT2D eigenvalue weighted by molar-refractivity contribution is 8.00. The number of carbonyl (C=O) groups excluding carboxylic acids is 1. The van der Waals surface area contributed by atoms with Gasteiger partial charge in [-0.25, -0.2) is 4.79 Å². The van der Waals surface area contributed by atoms with Gasteiger partial charge in [0.05, 0.1) is 21.4 Å². The SMILES string of the molecule is O=C(CSc1ccccc1C(=O)O)NC1CCN(Cc2ccc(Cl)c(Cl)c2)CC1. The van der Waals surface area contributed by atoms with Crippen molar-refractivity contribution in [2.75, 3.05) is 18.8 Å². The molecule has 0 radical (unpaired) electrons. The van der Waals surface area contributed by atoms with E-state index in [2.05, 4.69) is 10.2 Å². The highest BCUT2D eigenvalue weighted by atomic mass is 35.5. The van der Waals surface area contributed by atoms with Gasteiger partial charge >= 0.3 is 5.97 Å². The number of piperidine rings is 1. The Hall–Kier alpha value is -1.73. The van der Waals surface area contributed by atoms with Gasteiger partial charge in [-0.3, -0.25) is 9.69 Å². The van der Waals surface area contributed by atoms with Gasteiger partial charge < -0.3 is 10.4 Å². The number of nitrogens with zero attached hydrogens (tertiary/aromatic N) is 1. The zero-order valence-corrected chi connectivity index (χ0v) is 18.1. The molecule has 1 aliphatic heterocycles. The third-order valence-electron chi connectivity index (χ3n) is 4.82. The van der Waals surface area contributed by atoms with Crippen molar-refractivity contribution in [2.24, 2.45) is 0 Å². The largest absolute Gasteiger partial charge is 0.478 e. The summed E-state index contributed by atoms with van der Waals surface area (Å²) in [5.74, 6) is -0.852. The van der Waals surface area contributed by atoms with Crippen LogP contribution in [0.25, 0.3) is 0 Å². The molecule has 2 N–H and O–H groups in total. The predicted octanol–water partition coefficient (Wildman–Crippen LogP) is 4.56. The number of amides is 1. The maximum atomic E-state index is 12.3. The molecule has 1 heterocycles. The van der Waals surface area contributed by atoms with Gasteiger partial charge in [0.15, 0.2) is 0 Å². The quantitative estimate of drug-likeness (QED) is 0.602. The molecule has 3 rings (SSSR count). The number of aromatic carboxylic acids is 1. The van der Waals surface area contributed by atoms with Crippen LogP contribution in [0.2, 0.25) is 10.0 Å². The van der Waals surface area contributed by atoms with Gasteiger partial charge in [0, 0.05) is 30.6 Å². The van der Waals surface area contributed by atoms with E-state index in [1.165, 1.54) is 11.8 Å². The number of carboxylic acids is 1. The molecule has 1 fully saturated rings. The maximum absolute atomic E-state index is 12.3. The van der Waals surface area contributed by atoms with E-state index < -0.39 is 5.97 Å². The molecular weight excluding hydrogens is 431 g/mol. The normalized spacial score (nSPS) is 15.2. The van der Waals surface area contributed by atoms with Crippen molar-refractivity contribution in [2.45, 2.75) is 30.3 Å². The van der Waals surface area contributed by atoms with Crippen LogP contribution in [0, 0.1) is 0 Å². The molecule has 0 aromatic heterocycles. The molecule has 2 aromatic rings. The van der Waals surface area contributed by atoms with Crippen molar-refractivity contribution in [1.82, 2.24) is 10.2 Å². The molecule has 0 spiro atoms. The molecule has 2 aromatic carbocycles. The van der Waals surface area contributed by atoms with E-state index in [0.29, 0.717) is 14.9 Å². The van der Waals surface area contributed by atoms with E-state index in [0.717, 1.165) is 38.0 Å². The van der Waals surface area contributed by atoms with Gasteiger partial charge in [0.2, 0.25) is 5.91 Å². The second kappa shape index (κ2) is 10.3. The summed E-state index contributed by atoms with van der Waals surface area (Å²) in [6, 6.07) is 12.6. The summed E-state index contributed by atoms with van der Waals surface area (Å²) in [4.78, 5) is 26.5. The maximum Gasteiger partial charge on any atom is 0.336 e. The van der Waals surface area contributed by atoms with Crippen molar-refractivity contribution >= 4 is 46.8 Å². The van der Waals surface area contributed by atoms with Crippen molar-refractivity contribution in [1.29, 1.82) is 0 Å². The first kappa shape index (κ1) is 22.0. The standard InChI is InChI=1S/C21H22Cl2N2O3S/c22-17-6-5-14(11-18(17)23)12-25-9-7-15(8-10-25)24-20(26)13-29-19-4-2-1-3-16(19)21(27)28/h1-6,11,15H,7-10,12-13H2,(H,24,26)(H,27,28). The molecule has 8 heteroatoms. The summed E-state index contributed by atoms with van der Waals surface area (Å²) in [5.41, 5.74) is 1.34.